The first-order valence-corrected chi connectivity index (χ1v) is 7.25. The van der Waals surface area contributed by atoms with Crippen molar-refractivity contribution in [3.05, 3.63) is 54.1 Å². The van der Waals surface area contributed by atoms with E-state index in [9.17, 15) is 4.79 Å². The zero-order valence-electron chi connectivity index (χ0n) is 12.7. The average molecular weight is 296 g/mol. The summed E-state index contributed by atoms with van der Waals surface area (Å²) in [6, 6.07) is 15.4. The van der Waals surface area contributed by atoms with Gasteiger partial charge in [0.2, 0.25) is 5.69 Å². The monoisotopic (exact) mass is 296 g/mol. The summed E-state index contributed by atoms with van der Waals surface area (Å²) in [5.74, 6) is -0.319. The topological polar surface area (TPSA) is 44.9 Å². The quantitative estimate of drug-likeness (QED) is 0.641. The van der Waals surface area contributed by atoms with Crippen LogP contribution in [-0.4, -0.2) is 31.0 Å². The number of ether oxygens (including phenoxy) is 1. The Morgan fingerprint density at radius 1 is 1.27 bits per heavy atom. The summed E-state index contributed by atoms with van der Waals surface area (Å²) in [7, 11) is 2.01. The summed E-state index contributed by atoms with van der Waals surface area (Å²) < 4.78 is 6.96. The molecule has 3 rings (SSSR count). The maximum atomic E-state index is 11.9. The minimum Gasteiger partial charge on any atom is -0.462 e. The molecule has 2 aromatic carbocycles. The third-order valence-electron chi connectivity index (χ3n) is 3.53. The molecule has 0 unspecified atom stereocenters. The molecule has 112 valence electrons. The molecule has 0 bridgehead atoms. The summed E-state index contributed by atoms with van der Waals surface area (Å²) in [6.45, 7) is 2.82. The van der Waals surface area contributed by atoms with Gasteiger partial charge in [-0.15, -0.1) is 0 Å². The lowest BCUT2D eigenvalue weighted by Gasteiger charge is -2.21. The molecule has 0 saturated carbocycles. The predicted octanol–water partition coefficient (Wildman–Crippen LogP) is 3.70. The number of rotatable bonds is 3. The van der Waals surface area contributed by atoms with Crippen molar-refractivity contribution in [3.63, 3.8) is 0 Å². The van der Waals surface area contributed by atoms with Gasteiger partial charge in [0.1, 0.15) is 0 Å². The number of carbonyl (C=O) groups is 1. The second-order valence-electron chi connectivity index (χ2n) is 5.10. The Kier molecular flexibility index (Phi) is 3.87. The van der Waals surface area contributed by atoms with Crippen LogP contribution in [0.4, 0.5) is 17.1 Å². The number of azo groups is 2. The maximum Gasteiger partial charge on any atom is 0.338 e. The number of anilines is 1. The van der Waals surface area contributed by atoms with Gasteiger partial charge in [-0.1, -0.05) is 22.9 Å². The standard InChI is InChI=1S/C17H18N3O2/c1-3-22-17(21)13-9-10-16-15(11-13)18-20(12-19(16)2)14-7-5-4-6-8-14/h4-11H,3,12H2,1-2H3/q+1. The van der Waals surface area contributed by atoms with E-state index in [-0.39, 0.29) is 5.97 Å². The molecule has 1 aliphatic heterocycles. The third kappa shape index (κ3) is 2.70. The molecule has 0 N–H and O–H groups in total. The summed E-state index contributed by atoms with van der Waals surface area (Å²) in [5.41, 5.74) is 3.30. The van der Waals surface area contributed by atoms with E-state index in [1.165, 1.54) is 0 Å². The summed E-state index contributed by atoms with van der Waals surface area (Å²) in [5, 5.41) is 4.65. The molecule has 5 heteroatoms. The number of para-hydroxylation sites is 1. The lowest BCUT2D eigenvalue weighted by Crippen LogP contribution is -2.28. The van der Waals surface area contributed by atoms with Crippen LogP contribution in [0.2, 0.25) is 0 Å². The van der Waals surface area contributed by atoms with Crippen LogP contribution < -0.4 is 4.90 Å². The molecule has 1 heterocycles. The van der Waals surface area contributed by atoms with Crippen molar-refractivity contribution in [3.8, 4) is 0 Å². The van der Waals surface area contributed by atoms with Gasteiger partial charge >= 0.3 is 5.97 Å². The average Bonchev–Trinajstić information content (AvgIpc) is 2.55. The Labute approximate surface area is 129 Å². The van der Waals surface area contributed by atoms with Gasteiger partial charge in [-0.05, 0) is 25.1 Å². The first-order chi connectivity index (χ1) is 10.7. The Morgan fingerprint density at radius 2 is 2.05 bits per heavy atom. The molecule has 0 atom stereocenters. The second-order valence-corrected chi connectivity index (χ2v) is 5.10. The van der Waals surface area contributed by atoms with E-state index in [1.54, 1.807) is 19.1 Å². The van der Waals surface area contributed by atoms with Crippen molar-refractivity contribution in [2.75, 3.05) is 25.2 Å². The Morgan fingerprint density at radius 3 is 2.77 bits per heavy atom. The van der Waals surface area contributed by atoms with Gasteiger partial charge < -0.3 is 9.64 Å². The number of fused-ring (bicyclic) bond motifs is 1. The molecule has 0 spiro atoms. The molecule has 5 nitrogen and oxygen atoms in total. The highest BCUT2D eigenvalue weighted by Gasteiger charge is 2.24. The van der Waals surface area contributed by atoms with Crippen molar-refractivity contribution in [2.24, 2.45) is 5.11 Å². The van der Waals surface area contributed by atoms with Crippen molar-refractivity contribution in [1.29, 1.82) is 0 Å². The molecule has 0 radical (unpaired) electrons. The smallest absolute Gasteiger partial charge is 0.338 e. The number of hydrogen-bond donors (Lipinski definition) is 0. The molecule has 0 amide bonds. The molecule has 0 aromatic heterocycles. The van der Waals surface area contributed by atoms with E-state index in [4.69, 9.17) is 4.74 Å². The Bertz CT molecular complexity index is 726. The SMILES string of the molecule is CCOC(=O)c1ccc2c(c1)N=[N+](c1ccccc1)CN2C. The van der Waals surface area contributed by atoms with Gasteiger partial charge in [0.25, 0.3) is 6.67 Å². The highest BCUT2D eigenvalue weighted by Crippen LogP contribution is 2.34. The van der Waals surface area contributed by atoms with E-state index in [2.05, 4.69) is 10.0 Å². The van der Waals surface area contributed by atoms with Crippen LogP contribution in [0.25, 0.3) is 0 Å². The number of hydrogen-bond acceptors (Lipinski definition) is 4. The van der Waals surface area contributed by atoms with Gasteiger partial charge in [0, 0.05) is 24.3 Å². The van der Waals surface area contributed by atoms with Gasteiger partial charge in [-0.2, -0.15) is 0 Å². The summed E-state index contributed by atoms with van der Waals surface area (Å²) in [6.07, 6.45) is 0. The first kappa shape index (κ1) is 14.3. The normalized spacial score (nSPS) is 13.4. The fourth-order valence-corrected chi connectivity index (χ4v) is 2.45. The lowest BCUT2D eigenvalue weighted by molar-refractivity contribution is -0.509. The molecular formula is C17H18N3O2+. The summed E-state index contributed by atoms with van der Waals surface area (Å²) >= 11 is 0. The fourth-order valence-electron chi connectivity index (χ4n) is 2.45. The van der Waals surface area contributed by atoms with E-state index < -0.39 is 0 Å². The summed E-state index contributed by atoms with van der Waals surface area (Å²) in [4.78, 5) is 14.0. The minimum absolute atomic E-state index is 0.319. The molecule has 22 heavy (non-hydrogen) atoms. The number of carbonyl (C=O) groups excluding carboxylic acids is 1. The van der Waals surface area contributed by atoms with Crippen molar-refractivity contribution in [2.45, 2.75) is 6.92 Å². The highest BCUT2D eigenvalue weighted by atomic mass is 16.5. The largest absolute Gasteiger partial charge is 0.462 e. The van der Waals surface area contributed by atoms with Crippen LogP contribution in [0, 0.1) is 0 Å². The number of nitrogens with zero attached hydrogens (tertiary/aromatic N) is 3. The van der Waals surface area contributed by atoms with Gasteiger partial charge in [0.05, 0.1) is 17.9 Å². The van der Waals surface area contributed by atoms with Crippen LogP contribution in [0.15, 0.2) is 53.6 Å². The fraction of sp³-hybridized carbons (Fsp3) is 0.235. The first-order valence-electron chi connectivity index (χ1n) is 7.25. The van der Waals surface area contributed by atoms with Crippen LogP contribution in [-0.2, 0) is 4.74 Å². The molecular weight excluding hydrogens is 278 g/mol. The van der Waals surface area contributed by atoms with Gasteiger partial charge in [-0.3, -0.25) is 0 Å². The van der Waals surface area contributed by atoms with Crippen LogP contribution in [0.1, 0.15) is 17.3 Å². The maximum absolute atomic E-state index is 11.9. The Balaban J connectivity index is 2.01. The Hall–Kier alpha value is -2.69. The second kappa shape index (κ2) is 5.97. The van der Waals surface area contributed by atoms with Gasteiger partial charge in [0.15, 0.2) is 5.69 Å². The van der Waals surface area contributed by atoms with E-state index in [1.807, 2.05) is 48.1 Å². The van der Waals surface area contributed by atoms with E-state index >= 15 is 0 Å². The van der Waals surface area contributed by atoms with Gasteiger partial charge in [-0.25, -0.2) is 4.79 Å². The number of esters is 1. The van der Waals surface area contributed by atoms with E-state index in [0.717, 1.165) is 17.1 Å². The van der Waals surface area contributed by atoms with Crippen LogP contribution in [0.5, 0.6) is 0 Å². The molecule has 0 fully saturated rings. The minimum atomic E-state index is -0.319. The molecule has 1 aliphatic rings. The predicted molar refractivity (Wildman–Crippen MR) is 84.1 cm³/mol. The van der Waals surface area contributed by atoms with Crippen molar-refractivity contribution >= 4 is 23.0 Å². The number of benzene rings is 2. The van der Waals surface area contributed by atoms with Crippen molar-refractivity contribution < 1.29 is 14.2 Å². The van der Waals surface area contributed by atoms with Crippen LogP contribution >= 0.6 is 0 Å². The van der Waals surface area contributed by atoms with Crippen molar-refractivity contribution in [1.82, 2.24) is 0 Å². The molecule has 0 aliphatic carbocycles. The van der Waals surface area contributed by atoms with E-state index in [0.29, 0.717) is 18.8 Å². The molecule has 0 saturated heterocycles. The zero-order valence-corrected chi connectivity index (χ0v) is 12.7. The third-order valence-corrected chi connectivity index (χ3v) is 3.53. The lowest BCUT2D eigenvalue weighted by atomic mass is 10.1. The zero-order chi connectivity index (χ0) is 15.5. The molecule has 2 aromatic rings. The highest BCUT2D eigenvalue weighted by molar-refractivity contribution is 5.91. The van der Waals surface area contributed by atoms with Crippen LogP contribution in [0.3, 0.4) is 0 Å².